The van der Waals surface area contributed by atoms with Gasteiger partial charge in [-0.2, -0.15) is 18.3 Å². The maximum Gasteiger partial charge on any atom is 0.416 e. The molecule has 0 aliphatic carbocycles. The number of benzene rings is 1. The first-order valence-electron chi connectivity index (χ1n) is 6.86. The molecule has 0 aliphatic rings. The van der Waals surface area contributed by atoms with Gasteiger partial charge in [0.1, 0.15) is 6.54 Å². The summed E-state index contributed by atoms with van der Waals surface area (Å²) in [5.41, 5.74) is 0.157. The van der Waals surface area contributed by atoms with Crippen molar-refractivity contribution in [3.63, 3.8) is 0 Å². The van der Waals surface area contributed by atoms with Crippen LogP contribution in [0.4, 0.5) is 13.2 Å². The fourth-order valence-electron chi connectivity index (χ4n) is 2.01. The molecule has 0 aliphatic heterocycles. The number of hydrogen-bond donors (Lipinski definition) is 2. The van der Waals surface area contributed by atoms with Gasteiger partial charge in [-0.3, -0.25) is 9.48 Å². The maximum absolute atomic E-state index is 12.6. The van der Waals surface area contributed by atoms with Crippen molar-refractivity contribution in [3.8, 4) is 0 Å². The summed E-state index contributed by atoms with van der Waals surface area (Å²) < 4.78 is 39.3. The molecule has 0 bridgehead atoms. The quantitative estimate of drug-likeness (QED) is 0.883. The van der Waals surface area contributed by atoms with Crippen LogP contribution in [0.5, 0.6) is 0 Å². The largest absolute Gasteiger partial charge is 0.416 e. The van der Waals surface area contributed by atoms with E-state index >= 15 is 0 Å². The van der Waals surface area contributed by atoms with Gasteiger partial charge in [-0.15, -0.1) is 0 Å². The van der Waals surface area contributed by atoms with Crippen molar-refractivity contribution < 1.29 is 23.1 Å². The predicted molar refractivity (Wildman–Crippen MR) is 76.4 cm³/mol. The van der Waals surface area contributed by atoms with Crippen molar-refractivity contribution in [2.75, 3.05) is 6.54 Å². The minimum absolute atomic E-state index is 0.0247. The molecule has 1 heterocycles. The van der Waals surface area contributed by atoms with Gasteiger partial charge in [0.2, 0.25) is 5.91 Å². The fourth-order valence-corrected chi connectivity index (χ4v) is 2.01. The number of nitrogens with one attached hydrogen (secondary N) is 1. The van der Waals surface area contributed by atoms with Crippen LogP contribution in [0.2, 0.25) is 0 Å². The number of halogens is 3. The lowest BCUT2D eigenvalue weighted by molar-refractivity contribution is -0.137. The van der Waals surface area contributed by atoms with Crippen LogP contribution in [0.15, 0.2) is 36.7 Å². The van der Waals surface area contributed by atoms with Crippen LogP contribution in [0.25, 0.3) is 0 Å². The Kier molecular flexibility index (Phi) is 5.05. The molecule has 0 fully saturated rings. The highest BCUT2D eigenvalue weighted by atomic mass is 19.4. The molecular weight excluding hydrogens is 311 g/mol. The molecule has 0 saturated carbocycles. The van der Waals surface area contributed by atoms with Gasteiger partial charge in [0, 0.05) is 12.7 Å². The van der Waals surface area contributed by atoms with Gasteiger partial charge in [-0.25, -0.2) is 0 Å². The molecule has 23 heavy (non-hydrogen) atoms. The predicted octanol–water partition coefficient (Wildman–Crippen LogP) is 2.06. The highest BCUT2D eigenvalue weighted by molar-refractivity contribution is 5.75. The Balaban J connectivity index is 1.91. The van der Waals surface area contributed by atoms with Crippen molar-refractivity contribution in [1.29, 1.82) is 0 Å². The SMILES string of the molecule is Cc1cnn(CC(=O)NCC(O)c2cccc(C(F)(F)F)c2)c1. The van der Waals surface area contributed by atoms with Crippen LogP contribution in [-0.4, -0.2) is 27.3 Å². The molecule has 2 rings (SSSR count). The molecule has 1 amide bonds. The van der Waals surface area contributed by atoms with E-state index in [1.807, 2.05) is 6.92 Å². The number of amides is 1. The van der Waals surface area contributed by atoms with Crippen molar-refractivity contribution in [2.45, 2.75) is 25.7 Å². The third-order valence-corrected chi connectivity index (χ3v) is 3.16. The van der Waals surface area contributed by atoms with E-state index in [1.165, 1.54) is 16.8 Å². The summed E-state index contributed by atoms with van der Waals surface area (Å²) in [7, 11) is 0. The number of rotatable bonds is 5. The van der Waals surface area contributed by atoms with E-state index in [2.05, 4.69) is 10.4 Å². The molecule has 8 heteroatoms. The minimum Gasteiger partial charge on any atom is -0.387 e. The van der Waals surface area contributed by atoms with Crippen molar-refractivity contribution in [2.24, 2.45) is 0 Å². The lowest BCUT2D eigenvalue weighted by Gasteiger charge is -2.14. The summed E-state index contributed by atoms with van der Waals surface area (Å²) in [5, 5.41) is 16.3. The van der Waals surface area contributed by atoms with Crippen LogP contribution < -0.4 is 5.32 Å². The summed E-state index contributed by atoms with van der Waals surface area (Å²) in [4.78, 5) is 11.7. The average Bonchev–Trinajstić information content (AvgIpc) is 2.89. The first-order valence-corrected chi connectivity index (χ1v) is 6.86. The van der Waals surface area contributed by atoms with Gasteiger partial charge in [0.15, 0.2) is 0 Å². The number of nitrogens with zero attached hydrogens (tertiary/aromatic N) is 2. The fraction of sp³-hybridized carbons (Fsp3) is 0.333. The molecule has 2 N–H and O–H groups in total. The Hall–Kier alpha value is -2.35. The van der Waals surface area contributed by atoms with E-state index in [1.54, 1.807) is 12.4 Å². The number of alkyl halides is 3. The first-order chi connectivity index (χ1) is 10.8. The zero-order valence-electron chi connectivity index (χ0n) is 12.3. The number of carbonyl (C=O) groups is 1. The Bertz CT molecular complexity index is 683. The van der Waals surface area contributed by atoms with E-state index in [9.17, 15) is 23.1 Å². The van der Waals surface area contributed by atoms with E-state index in [0.29, 0.717) is 0 Å². The van der Waals surface area contributed by atoms with Gasteiger partial charge in [-0.1, -0.05) is 12.1 Å². The zero-order valence-corrected chi connectivity index (χ0v) is 12.3. The molecule has 1 aromatic heterocycles. The molecule has 0 radical (unpaired) electrons. The Labute approximate surface area is 130 Å². The van der Waals surface area contributed by atoms with Gasteiger partial charge >= 0.3 is 6.18 Å². The molecule has 0 saturated heterocycles. The minimum atomic E-state index is -4.48. The number of hydrogen-bond acceptors (Lipinski definition) is 3. The van der Waals surface area contributed by atoms with E-state index < -0.39 is 17.8 Å². The first kappa shape index (κ1) is 17.0. The Morgan fingerprint density at radius 2 is 2.17 bits per heavy atom. The van der Waals surface area contributed by atoms with Crippen molar-refractivity contribution in [3.05, 3.63) is 53.3 Å². The number of carbonyl (C=O) groups excluding carboxylic acids is 1. The Morgan fingerprint density at radius 1 is 1.43 bits per heavy atom. The molecule has 1 unspecified atom stereocenters. The van der Waals surface area contributed by atoms with Crippen LogP contribution >= 0.6 is 0 Å². The molecule has 0 spiro atoms. The maximum atomic E-state index is 12.6. The van der Waals surface area contributed by atoms with Gasteiger partial charge in [0.25, 0.3) is 0 Å². The topological polar surface area (TPSA) is 67.2 Å². The van der Waals surface area contributed by atoms with Gasteiger partial charge in [0.05, 0.1) is 17.9 Å². The smallest absolute Gasteiger partial charge is 0.387 e. The molecule has 2 aromatic rings. The molecule has 124 valence electrons. The second-order valence-corrected chi connectivity index (χ2v) is 5.16. The van der Waals surface area contributed by atoms with Crippen LogP contribution in [-0.2, 0) is 17.5 Å². The molecule has 1 atom stereocenters. The number of aromatic nitrogens is 2. The molecule has 5 nitrogen and oxygen atoms in total. The van der Waals surface area contributed by atoms with Crippen LogP contribution in [0.1, 0.15) is 22.8 Å². The summed E-state index contributed by atoms with van der Waals surface area (Å²) in [6, 6.07) is 4.39. The van der Waals surface area contributed by atoms with E-state index in [-0.39, 0.29) is 24.6 Å². The van der Waals surface area contributed by atoms with E-state index in [4.69, 9.17) is 0 Å². The third-order valence-electron chi connectivity index (χ3n) is 3.16. The van der Waals surface area contributed by atoms with E-state index in [0.717, 1.165) is 17.7 Å². The highest BCUT2D eigenvalue weighted by Crippen LogP contribution is 2.30. The van der Waals surface area contributed by atoms with Gasteiger partial charge < -0.3 is 10.4 Å². The zero-order chi connectivity index (χ0) is 17.0. The molecule has 1 aromatic carbocycles. The monoisotopic (exact) mass is 327 g/mol. The number of aryl methyl sites for hydroxylation is 1. The third kappa shape index (κ3) is 4.82. The lowest BCUT2D eigenvalue weighted by atomic mass is 10.1. The van der Waals surface area contributed by atoms with Crippen molar-refractivity contribution >= 4 is 5.91 Å². The van der Waals surface area contributed by atoms with Crippen LogP contribution in [0.3, 0.4) is 0 Å². The lowest BCUT2D eigenvalue weighted by Crippen LogP contribution is -2.31. The average molecular weight is 327 g/mol. The molecular formula is C15H16F3N3O2. The summed E-state index contributed by atoms with van der Waals surface area (Å²) in [6.07, 6.45) is -2.41. The number of aliphatic hydroxyl groups is 1. The number of aliphatic hydroxyl groups excluding tert-OH is 1. The van der Waals surface area contributed by atoms with Crippen LogP contribution in [0, 0.1) is 6.92 Å². The second-order valence-electron chi connectivity index (χ2n) is 5.16. The van der Waals surface area contributed by atoms with Gasteiger partial charge in [-0.05, 0) is 30.2 Å². The second kappa shape index (κ2) is 6.82. The summed E-state index contributed by atoms with van der Waals surface area (Å²) >= 11 is 0. The highest BCUT2D eigenvalue weighted by Gasteiger charge is 2.30. The summed E-state index contributed by atoms with van der Waals surface area (Å²) in [5.74, 6) is -0.390. The van der Waals surface area contributed by atoms with Crippen molar-refractivity contribution in [1.82, 2.24) is 15.1 Å². The normalized spacial score (nSPS) is 12.9. The Morgan fingerprint density at radius 3 is 2.78 bits per heavy atom. The summed E-state index contributed by atoms with van der Waals surface area (Å²) in [6.45, 7) is 1.63. The standard InChI is InChI=1S/C15H16F3N3O2/c1-10-6-20-21(8-10)9-14(23)19-7-13(22)11-3-2-4-12(5-11)15(16,17)18/h2-6,8,13,22H,7,9H2,1H3,(H,19,23).